The van der Waals surface area contributed by atoms with Gasteiger partial charge in [0, 0.05) is 18.3 Å². The zero-order valence-corrected chi connectivity index (χ0v) is 13.3. The average molecular weight is 310 g/mol. The van der Waals surface area contributed by atoms with Gasteiger partial charge >= 0.3 is 0 Å². The van der Waals surface area contributed by atoms with Gasteiger partial charge in [-0.25, -0.2) is 0 Å². The van der Waals surface area contributed by atoms with Gasteiger partial charge in [0.15, 0.2) is 0 Å². The van der Waals surface area contributed by atoms with Crippen LogP contribution in [0.25, 0.3) is 11.4 Å². The molecule has 2 bridgehead atoms. The van der Waals surface area contributed by atoms with Crippen molar-refractivity contribution in [3.63, 3.8) is 0 Å². The summed E-state index contributed by atoms with van der Waals surface area (Å²) in [5.41, 5.74) is 2.33. The number of rotatable bonds is 3. The second-order valence-electron chi connectivity index (χ2n) is 6.61. The van der Waals surface area contributed by atoms with E-state index in [4.69, 9.17) is 0 Å². The fourth-order valence-electron chi connectivity index (χ4n) is 3.97. The van der Waals surface area contributed by atoms with E-state index in [1.807, 2.05) is 30.3 Å². The highest BCUT2D eigenvalue weighted by Gasteiger charge is 2.40. The van der Waals surface area contributed by atoms with E-state index in [-0.39, 0.29) is 11.9 Å². The smallest absolute Gasteiger partial charge is 0.267 e. The molecule has 0 unspecified atom stereocenters. The summed E-state index contributed by atoms with van der Waals surface area (Å²) in [6.07, 6.45) is 4.14. The number of carbonyl (C=O) groups is 1. The Morgan fingerprint density at radius 2 is 2.09 bits per heavy atom. The molecule has 0 spiro atoms. The molecule has 5 heterocycles. The first-order valence-electron chi connectivity index (χ1n) is 8.38. The van der Waals surface area contributed by atoms with Gasteiger partial charge in [0.1, 0.15) is 5.69 Å². The maximum absolute atomic E-state index is 12.6. The SMILES string of the molecule is C[C@@H]1[C@H](NC(=O)c2ccc(-c3ccccn3)[nH]2)C2CCN1CC2. The number of fused-ring (bicyclic) bond motifs is 3. The summed E-state index contributed by atoms with van der Waals surface area (Å²) in [6, 6.07) is 10.2. The number of pyridine rings is 1. The van der Waals surface area contributed by atoms with E-state index in [1.54, 1.807) is 6.20 Å². The lowest BCUT2D eigenvalue weighted by Crippen LogP contribution is -2.62. The molecule has 5 heteroatoms. The van der Waals surface area contributed by atoms with Crippen molar-refractivity contribution in [3.8, 4) is 11.4 Å². The predicted molar refractivity (Wildman–Crippen MR) is 89.0 cm³/mol. The third kappa shape index (κ3) is 2.65. The molecule has 0 saturated carbocycles. The van der Waals surface area contributed by atoms with Crippen molar-refractivity contribution in [3.05, 3.63) is 42.2 Å². The van der Waals surface area contributed by atoms with Crippen LogP contribution >= 0.6 is 0 Å². The Balaban J connectivity index is 1.49. The van der Waals surface area contributed by atoms with Gasteiger partial charge in [-0.3, -0.25) is 14.7 Å². The van der Waals surface area contributed by atoms with E-state index in [0.29, 0.717) is 17.7 Å². The number of aromatic amines is 1. The molecule has 0 aliphatic carbocycles. The third-order valence-corrected chi connectivity index (χ3v) is 5.35. The molecule has 2 aromatic heterocycles. The fraction of sp³-hybridized carbons (Fsp3) is 0.444. The number of hydrogen-bond donors (Lipinski definition) is 2. The van der Waals surface area contributed by atoms with E-state index in [1.165, 1.54) is 25.9 Å². The minimum Gasteiger partial charge on any atom is -0.349 e. The Hall–Kier alpha value is -2.14. The minimum absolute atomic E-state index is 0.0159. The normalized spacial score (nSPS) is 29.4. The van der Waals surface area contributed by atoms with Crippen LogP contribution in [0.1, 0.15) is 30.3 Å². The van der Waals surface area contributed by atoms with E-state index in [2.05, 4.69) is 27.1 Å². The van der Waals surface area contributed by atoms with Gasteiger partial charge in [-0.05, 0) is 63.0 Å². The molecule has 5 nitrogen and oxygen atoms in total. The fourth-order valence-corrected chi connectivity index (χ4v) is 3.97. The Labute approximate surface area is 136 Å². The van der Waals surface area contributed by atoms with Crippen molar-refractivity contribution in [1.82, 2.24) is 20.2 Å². The van der Waals surface area contributed by atoms with Crippen LogP contribution in [0.15, 0.2) is 36.5 Å². The molecule has 1 amide bonds. The summed E-state index contributed by atoms with van der Waals surface area (Å²) in [5.74, 6) is 0.599. The number of H-pyrrole nitrogens is 1. The molecule has 23 heavy (non-hydrogen) atoms. The van der Waals surface area contributed by atoms with Crippen molar-refractivity contribution >= 4 is 5.91 Å². The Morgan fingerprint density at radius 1 is 1.26 bits per heavy atom. The Bertz CT molecular complexity index is 686. The van der Waals surface area contributed by atoms with Gasteiger partial charge in [0.2, 0.25) is 0 Å². The van der Waals surface area contributed by atoms with E-state index in [9.17, 15) is 4.79 Å². The summed E-state index contributed by atoms with van der Waals surface area (Å²) in [6.45, 7) is 4.57. The summed E-state index contributed by atoms with van der Waals surface area (Å²) in [5, 5.41) is 3.25. The van der Waals surface area contributed by atoms with Crippen LogP contribution in [0.5, 0.6) is 0 Å². The molecule has 3 aliphatic heterocycles. The summed E-state index contributed by atoms with van der Waals surface area (Å²) in [7, 11) is 0. The Kier molecular flexibility index (Phi) is 3.65. The van der Waals surface area contributed by atoms with Crippen LogP contribution in [0.4, 0.5) is 0 Å². The molecule has 0 radical (unpaired) electrons. The number of hydrogen-bond acceptors (Lipinski definition) is 3. The zero-order chi connectivity index (χ0) is 15.8. The topological polar surface area (TPSA) is 61.0 Å². The minimum atomic E-state index is -0.0159. The lowest BCUT2D eigenvalue weighted by atomic mass is 9.79. The highest BCUT2D eigenvalue weighted by Crippen LogP contribution is 2.32. The van der Waals surface area contributed by atoms with Gasteiger partial charge in [0.05, 0.1) is 11.4 Å². The van der Waals surface area contributed by atoms with Gasteiger partial charge in [-0.1, -0.05) is 6.07 Å². The zero-order valence-electron chi connectivity index (χ0n) is 13.3. The highest BCUT2D eigenvalue weighted by molar-refractivity contribution is 5.93. The molecule has 120 valence electrons. The van der Waals surface area contributed by atoms with Crippen LogP contribution in [-0.2, 0) is 0 Å². The van der Waals surface area contributed by atoms with Crippen LogP contribution < -0.4 is 5.32 Å². The number of amides is 1. The maximum Gasteiger partial charge on any atom is 0.267 e. The summed E-state index contributed by atoms with van der Waals surface area (Å²) < 4.78 is 0. The first kappa shape index (κ1) is 14.5. The first-order chi connectivity index (χ1) is 11.2. The number of nitrogens with zero attached hydrogens (tertiary/aromatic N) is 2. The van der Waals surface area contributed by atoms with Gasteiger partial charge in [-0.2, -0.15) is 0 Å². The number of aromatic nitrogens is 2. The molecular formula is C18H22N4O. The second-order valence-corrected chi connectivity index (χ2v) is 6.61. The number of piperidine rings is 3. The molecule has 2 aromatic rings. The monoisotopic (exact) mass is 310 g/mol. The van der Waals surface area contributed by atoms with Crippen LogP contribution in [0.2, 0.25) is 0 Å². The lowest BCUT2D eigenvalue weighted by Gasteiger charge is -2.49. The van der Waals surface area contributed by atoms with Crippen molar-refractivity contribution in [2.75, 3.05) is 13.1 Å². The van der Waals surface area contributed by atoms with E-state index < -0.39 is 0 Å². The first-order valence-corrected chi connectivity index (χ1v) is 8.38. The van der Waals surface area contributed by atoms with E-state index >= 15 is 0 Å². The van der Waals surface area contributed by atoms with Crippen molar-refractivity contribution in [2.45, 2.75) is 31.8 Å². The molecule has 3 fully saturated rings. The maximum atomic E-state index is 12.6. The largest absolute Gasteiger partial charge is 0.349 e. The lowest BCUT2D eigenvalue weighted by molar-refractivity contribution is 0.0216. The summed E-state index contributed by atoms with van der Waals surface area (Å²) >= 11 is 0. The molecule has 2 atom stereocenters. The molecular weight excluding hydrogens is 288 g/mol. The Morgan fingerprint density at radius 3 is 2.78 bits per heavy atom. The molecule has 3 aliphatic rings. The van der Waals surface area contributed by atoms with Gasteiger partial charge in [0.25, 0.3) is 5.91 Å². The quantitative estimate of drug-likeness (QED) is 0.914. The van der Waals surface area contributed by atoms with Crippen LogP contribution in [-0.4, -0.2) is 45.9 Å². The number of nitrogens with one attached hydrogen (secondary N) is 2. The number of carbonyl (C=O) groups excluding carboxylic acids is 1. The molecule has 3 saturated heterocycles. The van der Waals surface area contributed by atoms with Crippen LogP contribution in [0, 0.1) is 5.92 Å². The van der Waals surface area contributed by atoms with E-state index in [0.717, 1.165) is 11.4 Å². The molecule has 5 rings (SSSR count). The molecule has 0 aromatic carbocycles. The van der Waals surface area contributed by atoms with Crippen molar-refractivity contribution < 1.29 is 4.79 Å². The second kappa shape index (κ2) is 5.81. The van der Waals surface area contributed by atoms with Crippen molar-refractivity contribution in [2.24, 2.45) is 5.92 Å². The summed E-state index contributed by atoms with van der Waals surface area (Å²) in [4.78, 5) is 22.6. The average Bonchev–Trinajstić information content (AvgIpc) is 3.09. The third-order valence-electron chi connectivity index (χ3n) is 5.35. The van der Waals surface area contributed by atoms with Crippen molar-refractivity contribution in [1.29, 1.82) is 0 Å². The highest BCUT2D eigenvalue weighted by atomic mass is 16.2. The predicted octanol–water partition coefficient (Wildman–Crippen LogP) is 2.29. The van der Waals surface area contributed by atoms with Crippen LogP contribution in [0.3, 0.4) is 0 Å². The molecule has 2 N–H and O–H groups in total. The van der Waals surface area contributed by atoms with Gasteiger partial charge in [-0.15, -0.1) is 0 Å². The van der Waals surface area contributed by atoms with Gasteiger partial charge < -0.3 is 10.3 Å². The standard InChI is InChI=1S/C18H22N4O/c1-12-17(13-7-10-22(12)11-8-13)21-18(23)16-6-5-15(20-16)14-4-2-3-9-19-14/h2-6,9,12-13,17,20H,7-8,10-11H2,1H3,(H,21,23)/t12-,17+/m1/s1.